The Kier molecular flexibility index (Phi) is 5.08. The van der Waals surface area contributed by atoms with E-state index < -0.39 is 5.76 Å². The number of nitrogens with one attached hydrogen (secondary N) is 1. The Balaban J connectivity index is 1.93. The maximum Gasteiger partial charge on any atom is 0.437 e. The van der Waals surface area contributed by atoms with E-state index in [-0.39, 0.29) is 18.3 Å². The van der Waals surface area contributed by atoms with E-state index in [2.05, 4.69) is 10.4 Å². The first kappa shape index (κ1) is 14.5. The Morgan fingerprint density at radius 1 is 1.60 bits per heavy atom. The number of ether oxygens (including phenoxy) is 1. The fourth-order valence-corrected chi connectivity index (χ4v) is 2.19. The van der Waals surface area contributed by atoms with Crippen LogP contribution in [0.4, 0.5) is 0 Å². The molecule has 2 rings (SSSR count). The van der Waals surface area contributed by atoms with Gasteiger partial charge in [-0.1, -0.05) is 6.07 Å². The molecule has 0 saturated carbocycles. The molecule has 2 heterocycles. The van der Waals surface area contributed by atoms with Gasteiger partial charge in [-0.15, -0.1) is 16.4 Å². The minimum Gasteiger partial charge on any atom is -0.387 e. The molecule has 0 bridgehead atoms. The Hall–Kier alpha value is -1.93. The third kappa shape index (κ3) is 3.78. The topological polar surface area (TPSA) is 86.4 Å². The quantitative estimate of drug-likeness (QED) is 0.761. The number of carbonyl (C=O) groups is 1. The van der Waals surface area contributed by atoms with Crippen molar-refractivity contribution in [1.82, 2.24) is 15.1 Å². The van der Waals surface area contributed by atoms with Crippen molar-refractivity contribution in [2.24, 2.45) is 0 Å². The predicted octanol–water partition coefficient (Wildman–Crippen LogP) is 0.717. The zero-order valence-electron chi connectivity index (χ0n) is 11.0. The molecule has 0 unspecified atom stereocenters. The summed E-state index contributed by atoms with van der Waals surface area (Å²) in [7, 11) is 1.60. The molecule has 7 nitrogen and oxygen atoms in total. The van der Waals surface area contributed by atoms with Gasteiger partial charge in [-0.3, -0.25) is 4.79 Å². The summed E-state index contributed by atoms with van der Waals surface area (Å²) in [4.78, 5) is 24.0. The molecule has 108 valence electrons. The Labute approximate surface area is 119 Å². The third-order valence-electron chi connectivity index (χ3n) is 2.48. The zero-order valence-corrected chi connectivity index (χ0v) is 11.8. The minimum atomic E-state index is -0.638. The van der Waals surface area contributed by atoms with Crippen LogP contribution in [0.2, 0.25) is 0 Å². The maximum atomic E-state index is 11.6. The van der Waals surface area contributed by atoms with Crippen LogP contribution >= 0.6 is 11.3 Å². The van der Waals surface area contributed by atoms with E-state index in [1.54, 1.807) is 13.2 Å². The normalized spacial score (nSPS) is 10.7. The van der Waals surface area contributed by atoms with Gasteiger partial charge < -0.3 is 14.5 Å². The van der Waals surface area contributed by atoms with E-state index in [4.69, 9.17) is 9.15 Å². The molecule has 8 heteroatoms. The first-order chi connectivity index (χ1) is 9.70. The summed E-state index contributed by atoms with van der Waals surface area (Å²) < 4.78 is 10.9. The Morgan fingerprint density at radius 2 is 2.45 bits per heavy atom. The van der Waals surface area contributed by atoms with Crippen molar-refractivity contribution in [2.75, 3.05) is 20.3 Å². The second-order valence-electron chi connectivity index (χ2n) is 4.00. The summed E-state index contributed by atoms with van der Waals surface area (Å²) in [5.74, 6) is -0.688. The maximum absolute atomic E-state index is 11.6. The average molecular weight is 297 g/mol. The molecule has 0 aliphatic rings. The SMILES string of the molecule is COCCCNC(=O)Cn1nc(-c2cccs2)oc1=O. The second kappa shape index (κ2) is 7.01. The summed E-state index contributed by atoms with van der Waals surface area (Å²) in [6.45, 7) is 0.921. The van der Waals surface area contributed by atoms with Crippen LogP contribution in [0.5, 0.6) is 0 Å². The largest absolute Gasteiger partial charge is 0.437 e. The molecule has 0 saturated heterocycles. The summed E-state index contributed by atoms with van der Waals surface area (Å²) in [5, 5.41) is 8.54. The van der Waals surface area contributed by atoms with Crippen LogP contribution in [0.15, 0.2) is 26.7 Å². The number of rotatable bonds is 7. The molecule has 0 fully saturated rings. The molecule has 0 aliphatic carbocycles. The highest BCUT2D eigenvalue weighted by Crippen LogP contribution is 2.20. The van der Waals surface area contributed by atoms with Gasteiger partial charge in [-0.25, -0.2) is 4.79 Å². The molecule has 0 atom stereocenters. The first-order valence-electron chi connectivity index (χ1n) is 6.08. The summed E-state index contributed by atoms with van der Waals surface area (Å²) in [6, 6.07) is 3.63. The Morgan fingerprint density at radius 3 is 3.15 bits per heavy atom. The number of carbonyl (C=O) groups excluding carboxylic acids is 1. The monoisotopic (exact) mass is 297 g/mol. The fraction of sp³-hybridized carbons (Fsp3) is 0.417. The van der Waals surface area contributed by atoms with E-state index in [0.717, 1.165) is 16.0 Å². The Bertz CT molecular complexity index is 603. The van der Waals surface area contributed by atoms with Crippen LogP contribution in [0.1, 0.15) is 6.42 Å². The van der Waals surface area contributed by atoms with Crippen molar-refractivity contribution in [1.29, 1.82) is 0 Å². The summed E-state index contributed by atoms with van der Waals surface area (Å²) in [6.07, 6.45) is 0.719. The number of amides is 1. The van der Waals surface area contributed by atoms with Crippen LogP contribution in [0, 0.1) is 0 Å². The van der Waals surface area contributed by atoms with Gasteiger partial charge in [0.05, 0.1) is 4.88 Å². The van der Waals surface area contributed by atoms with Gasteiger partial charge in [0.15, 0.2) is 0 Å². The minimum absolute atomic E-state index is 0.152. The van der Waals surface area contributed by atoms with Gasteiger partial charge in [0.1, 0.15) is 6.54 Å². The van der Waals surface area contributed by atoms with Crippen molar-refractivity contribution < 1.29 is 13.9 Å². The molecule has 0 aromatic carbocycles. The summed E-state index contributed by atoms with van der Waals surface area (Å²) >= 11 is 1.41. The van der Waals surface area contributed by atoms with E-state index in [0.29, 0.717) is 13.2 Å². The first-order valence-corrected chi connectivity index (χ1v) is 6.96. The highest BCUT2D eigenvalue weighted by Gasteiger charge is 2.13. The molecule has 1 amide bonds. The summed E-state index contributed by atoms with van der Waals surface area (Å²) in [5.41, 5.74) is 0. The van der Waals surface area contributed by atoms with Crippen molar-refractivity contribution in [3.05, 3.63) is 28.1 Å². The van der Waals surface area contributed by atoms with Gasteiger partial charge in [-0.05, 0) is 17.9 Å². The fourth-order valence-electron chi connectivity index (χ4n) is 1.54. The third-order valence-corrected chi connectivity index (χ3v) is 3.34. The molecule has 1 N–H and O–H groups in total. The molecule has 0 radical (unpaired) electrons. The molecule has 2 aromatic heterocycles. The number of hydrogen-bond donors (Lipinski definition) is 1. The highest BCUT2D eigenvalue weighted by molar-refractivity contribution is 7.13. The van der Waals surface area contributed by atoms with E-state index >= 15 is 0 Å². The lowest BCUT2D eigenvalue weighted by Gasteiger charge is -2.03. The van der Waals surface area contributed by atoms with E-state index in [1.807, 2.05) is 11.4 Å². The van der Waals surface area contributed by atoms with E-state index in [1.165, 1.54) is 11.3 Å². The number of aromatic nitrogens is 2. The number of methoxy groups -OCH3 is 1. The van der Waals surface area contributed by atoms with Crippen LogP contribution in [0.3, 0.4) is 0 Å². The van der Waals surface area contributed by atoms with Gasteiger partial charge in [0.2, 0.25) is 5.91 Å². The van der Waals surface area contributed by atoms with Crippen LogP contribution in [-0.2, 0) is 16.1 Å². The van der Waals surface area contributed by atoms with Gasteiger partial charge >= 0.3 is 5.76 Å². The number of thiophene rings is 1. The van der Waals surface area contributed by atoms with Crippen molar-refractivity contribution in [2.45, 2.75) is 13.0 Å². The molecular formula is C12H15N3O4S. The van der Waals surface area contributed by atoms with Crippen molar-refractivity contribution in [3.8, 4) is 10.8 Å². The lowest BCUT2D eigenvalue weighted by Crippen LogP contribution is -2.32. The molecular weight excluding hydrogens is 282 g/mol. The van der Waals surface area contributed by atoms with Gasteiger partial charge in [0.25, 0.3) is 5.89 Å². The average Bonchev–Trinajstić information content (AvgIpc) is 3.05. The molecule has 2 aromatic rings. The van der Waals surface area contributed by atoms with E-state index in [9.17, 15) is 9.59 Å². The van der Waals surface area contributed by atoms with Gasteiger partial charge in [-0.2, -0.15) is 4.68 Å². The van der Waals surface area contributed by atoms with Crippen molar-refractivity contribution >= 4 is 17.2 Å². The van der Waals surface area contributed by atoms with Crippen LogP contribution < -0.4 is 11.1 Å². The number of nitrogens with zero attached hydrogens (tertiary/aromatic N) is 2. The lowest BCUT2D eigenvalue weighted by molar-refractivity contribution is -0.121. The standard InChI is InChI=1S/C12H15N3O4S/c1-18-6-3-5-13-10(16)8-15-12(17)19-11(14-15)9-4-2-7-20-9/h2,4,7H,3,5-6,8H2,1H3,(H,13,16). The van der Waals surface area contributed by atoms with Crippen LogP contribution in [0.25, 0.3) is 10.8 Å². The smallest absolute Gasteiger partial charge is 0.387 e. The lowest BCUT2D eigenvalue weighted by atomic mass is 10.4. The number of hydrogen-bond acceptors (Lipinski definition) is 6. The van der Waals surface area contributed by atoms with Crippen molar-refractivity contribution in [3.63, 3.8) is 0 Å². The molecule has 0 spiro atoms. The molecule has 20 heavy (non-hydrogen) atoms. The van der Waals surface area contributed by atoms with Crippen LogP contribution in [-0.4, -0.2) is 35.9 Å². The highest BCUT2D eigenvalue weighted by atomic mass is 32.1. The second-order valence-corrected chi connectivity index (χ2v) is 4.95. The predicted molar refractivity (Wildman–Crippen MR) is 73.6 cm³/mol. The zero-order chi connectivity index (χ0) is 14.4. The van der Waals surface area contributed by atoms with Gasteiger partial charge in [0, 0.05) is 20.3 Å². The molecule has 0 aliphatic heterocycles.